The van der Waals surface area contributed by atoms with Gasteiger partial charge in [0.2, 0.25) is 0 Å². The van der Waals surface area contributed by atoms with Crippen LogP contribution in [0.4, 0.5) is 0 Å². The molecule has 6 rings (SSSR count). The minimum Gasteiger partial charge on any atom is -0.494 e. The Morgan fingerprint density at radius 3 is 2.28 bits per heavy atom. The van der Waals surface area contributed by atoms with Gasteiger partial charge in [-0.1, -0.05) is 116 Å². The summed E-state index contributed by atoms with van der Waals surface area (Å²) in [5, 5.41) is 0. The molecule has 0 amide bonds. The number of benzene rings is 2. The molecule has 3 saturated carbocycles. The Balaban J connectivity index is 0.913. The van der Waals surface area contributed by atoms with Crippen molar-refractivity contribution in [3.8, 4) is 17.6 Å². The second-order valence-corrected chi connectivity index (χ2v) is 18.9. The molecule has 0 N–H and O–H groups in total. The van der Waals surface area contributed by atoms with E-state index in [4.69, 9.17) is 9.47 Å². The molecular weight excluding hydrogens is 661 g/mol. The van der Waals surface area contributed by atoms with Crippen LogP contribution in [-0.2, 0) is 16.0 Å². The van der Waals surface area contributed by atoms with E-state index < -0.39 is 0 Å². The Morgan fingerprint density at radius 2 is 1.56 bits per heavy atom. The highest BCUT2D eigenvalue weighted by molar-refractivity contribution is 5.69. The zero-order valence-corrected chi connectivity index (χ0v) is 34.9. The van der Waals surface area contributed by atoms with Crippen LogP contribution in [0.25, 0.3) is 0 Å². The third kappa shape index (κ3) is 9.87. The summed E-state index contributed by atoms with van der Waals surface area (Å²) in [4.78, 5) is 12.9. The highest BCUT2D eigenvalue weighted by Gasteiger charge is 2.59. The number of hydrogen-bond acceptors (Lipinski definition) is 3. The Kier molecular flexibility index (Phi) is 14.1. The van der Waals surface area contributed by atoms with Crippen LogP contribution in [-0.4, -0.2) is 18.7 Å². The predicted molar refractivity (Wildman–Crippen MR) is 224 cm³/mol. The number of esters is 1. The van der Waals surface area contributed by atoms with E-state index in [0.717, 1.165) is 78.1 Å². The van der Waals surface area contributed by atoms with Crippen molar-refractivity contribution in [2.24, 2.45) is 46.3 Å². The topological polar surface area (TPSA) is 35.5 Å². The second-order valence-electron chi connectivity index (χ2n) is 18.9. The van der Waals surface area contributed by atoms with E-state index in [-0.39, 0.29) is 17.5 Å². The molecule has 0 aliphatic heterocycles. The van der Waals surface area contributed by atoms with Gasteiger partial charge < -0.3 is 9.47 Å². The number of unbranched alkanes of at least 4 members (excludes halogenated alkanes) is 3. The van der Waals surface area contributed by atoms with Gasteiger partial charge in [0.15, 0.2) is 0 Å². The van der Waals surface area contributed by atoms with Gasteiger partial charge in [0.25, 0.3) is 0 Å². The SMILES string of the molecule is CCCCCCc1ccc(C#Cc2ccc(OCCCC(=O)O[C@H]3CC[C@@]4(C)C(=CC[C@H]5[C@@H]6CC[C@H]([C@H](C)CCCC(C)C)[C@@]6(C)CC[C@@H]54)C3)cc2)cc1. The molecule has 294 valence electrons. The first-order valence-corrected chi connectivity index (χ1v) is 22.3. The lowest BCUT2D eigenvalue weighted by Gasteiger charge is -2.58. The fourth-order valence-electron chi connectivity index (χ4n) is 11.7. The molecule has 54 heavy (non-hydrogen) atoms. The molecule has 4 aliphatic rings. The molecule has 0 spiro atoms. The first-order chi connectivity index (χ1) is 26.1. The van der Waals surface area contributed by atoms with Gasteiger partial charge in [-0.25, -0.2) is 0 Å². The van der Waals surface area contributed by atoms with Crippen LogP contribution in [0.2, 0.25) is 0 Å². The maximum atomic E-state index is 12.9. The minimum absolute atomic E-state index is 0.0211. The lowest BCUT2D eigenvalue weighted by molar-refractivity contribution is -0.151. The fourth-order valence-corrected chi connectivity index (χ4v) is 11.7. The van der Waals surface area contributed by atoms with Gasteiger partial charge in [-0.05, 0) is 153 Å². The quantitative estimate of drug-likeness (QED) is 0.0746. The maximum absolute atomic E-state index is 12.9. The van der Waals surface area contributed by atoms with Crippen molar-refractivity contribution in [1.29, 1.82) is 0 Å². The maximum Gasteiger partial charge on any atom is 0.306 e. The second kappa shape index (κ2) is 18.8. The standard InChI is InChI=1S/C51H72O3/c1-7-8-9-10-15-39-17-19-40(20-18-39)21-22-41-23-26-43(27-24-41)53-35-12-16-49(52)54-44-31-33-50(5)42(36-44)25-28-45-47-30-29-46(38(4)14-11-13-37(2)3)51(47,6)34-32-48(45)50/h17-20,23-27,37-38,44-48H,7-16,28-36H2,1-6H3/t38-,44+,45+,46-,47+,48+,50+,51-/m1/s1. The van der Waals surface area contributed by atoms with Crippen molar-refractivity contribution in [2.75, 3.05) is 6.61 Å². The van der Waals surface area contributed by atoms with Crippen LogP contribution >= 0.6 is 0 Å². The molecular formula is C51H72O3. The van der Waals surface area contributed by atoms with Gasteiger partial charge in [-0.15, -0.1) is 0 Å². The monoisotopic (exact) mass is 733 g/mol. The minimum atomic E-state index is -0.0791. The molecule has 3 fully saturated rings. The first-order valence-electron chi connectivity index (χ1n) is 22.3. The van der Waals surface area contributed by atoms with E-state index >= 15 is 0 Å². The lowest BCUT2D eigenvalue weighted by Crippen LogP contribution is -2.51. The molecule has 0 heterocycles. The highest BCUT2D eigenvalue weighted by atomic mass is 16.5. The van der Waals surface area contributed by atoms with Crippen LogP contribution in [0.1, 0.15) is 167 Å². The predicted octanol–water partition coefficient (Wildman–Crippen LogP) is 13.3. The van der Waals surface area contributed by atoms with E-state index in [2.05, 4.69) is 83.7 Å². The van der Waals surface area contributed by atoms with Crippen molar-refractivity contribution in [3.63, 3.8) is 0 Å². The normalized spacial score (nSPS) is 29.2. The highest BCUT2D eigenvalue weighted by Crippen LogP contribution is 2.67. The summed E-state index contributed by atoms with van der Waals surface area (Å²) >= 11 is 0. The largest absolute Gasteiger partial charge is 0.494 e. The van der Waals surface area contributed by atoms with E-state index in [1.54, 1.807) is 5.57 Å². The fraction of sp³-hybridized carbons (Fsp3) is 0.667. The third-order valence-corrected chi connectivity index (χ3v) is 14.8. The number of carbonyl (C=O) groups excluding carboxylic acids is 1. The molecule has 0 radical (unpaired) electrons. The number of ether oxygens (including phenoxy) is 2. The number of aryl methyl sites for hydroxylation is 1. The summed E-state index contributed by atoms with van der Waals surface area (Å²) in [6.07, 6.45) is 24.2. The van der Waals surface area contributed by atoms with Crippen LogP contribution < -0.4 is 4.74 Å². The Labute approximate surface area is 329 Å². The molecule has 0 bridgehead atoms. The van der Waals surface area contributed by atoms with Crippen LogP contribution in [0.15, 0.2) is 60.2 Å². The van der Waals surface area contributed by atoms with Crippen molar-refractivity contribution >= 4 is 5.97 Å². The zero-order chi connectivity index (χ0) is 38.1. The summed E-state index contributed by atoms with van der Waals surface area (Å²) in [7, 11) is 0. The number of fused-ring (bicyclic) bond motifs is 5. The molecule has 2 aromatic carbocycles. The van der Waals surface area contributed by atoms with Crippen molar-refractivity contribution in [1.82, 2.24) is 0 Å². The zero-order valence-electron chi connectivity index (χ0n) is 34.9. The molecule has 4 aliphatic carbocycles. The molecule has 0 unspecified atom stereocenters. The first kappa shape index (κ1) is 40.7. The number of carbonyl (C=O) groups is 1. The molecule has 3 nitrogen and oxygen atoms in total. The van der Waals surface area contributed by atoms with Gasteiger partial charge in [0.05, 0.1) is 6.61 Å². The van der Waals surface area contributed by atoms with E-state index in [1.165, 1.54) is 82.6 Å². The number of hydrogen-bond donors (Lipinski definition) is 0. The summed E-state index contributed by atoms with van der Waals surface area (Å²) in [6, 6.07) is 16.6. The van der Waals surface area contributed by atoms with Crippen molar-refractivity contribution in [2.45, 2.75) is 163 Å². The van der Waals surface area contributed by atoms with Crippen LogP contribution in [0.5, 0.6) is 5.75 Å². The average molecular weight is 733 g/mol. The summed E-state index contributed by atoms with van der Waals surface area (Å²) < 4.78 is 12.1. The lowest BCUT2D eigenvalue weighted by atomic mass is 9.47. The molecule has 2 aromatic rings. The van der Waals surface area contributed by atoms with Crippen molar-refractivity contribution < 1.29 is 14.3 Å². The van der Waals surface area contributed by atoms with E-state index in [1.807, 2.05) is 24.3 Å². The average Bonchev–Trinajstić information content (AvgIpc) is 3.52. The number of rotatable bonds is 16. The molecule has 3 heteroatoms. The third-order valence-electron chi connectivity index (χ3n) is 14.8. The van der Waals surface area contributed by atoms with Gasteiger partial charge in [0, 0.05) is 24.0 Å². The molecule has 8 atom stereocenters. The molecule has 0 aromatic heterocycles. The molecule has 0 saturated heterocycles. The van der Waals surface area contributed by atoms with Gasteiger partial charge in [0.1, 0.15) is 11.9 Å². The van der Waals surface area contributed by atoms with Crippen LogP contribution in [0, 0.1) is 58.2 Å². The summed E-state index contributed by atoms with van der Waals surface area (Å²) in [5.74, 6) is 12.4. The van der Waals surface area contributed by atoms with Gasteiger partial charge >= 0.3 is 5.97 Å². The summed E-state index contributed by atoms with van der Waals surface area (Å²) in [6.45, 7) is 15.3. The Hall–Kier alpha value is -2.99. The Morgan fingerprint density at radius 1 is 0.815 bits per heavy atom. The van der Waals surface area contributed by atoms with E-state index in [9.17, 15) is 4.79 Å². The van der Waals surface area contributed by atoms with E-state index in [0.29, 0.717) is 24.9 Å². The smallest absolute Gasteiger partial charge is 0.306 e. The van der Waals surface area contributed by atoms with Gasteiger partial charge in [-0.3, -0.25) is 4.79 Å². The van der Waals surface area contributed by atoms with Crippen molar-refractivity contribution in [3.05, 3.63) is 76.9 Å². The number of allylic oxidation sites excluding steroid dienone is 1. The summed E-state index contributed by atoms with van der Waals surface area (Å²) in [5.41, 5.74) is 5.79. The van der Waals surface area contributed by atoms with Crippen LogP contribution in [0.3, 0.4) is 0 Å². The Bertz CT molecular complexity index is 1590. The van der Waals surface area contributed by atoms with Gasteiger partial charge in [-0.2, -0.15) is 0 Å².